The third kappa shape index (κ3) is 2.70. The zero-order valence-corrected chi connectivity index (χ0v) is 8.29. The Balaban J connectivity index is 5.69. The molecule has 0 bridgehead atoms. The summed E-state index contributed by atoms with van der Waals surface area (Å²) in [7, 11) is 0. The molecule has 0 saturated heterocycles. The summed E-state index contributed by atoms with van der Waals surface area (Å²) >= 11 is 0. The molecule has 9 heteroatoms. The van der Waals surface area contributed by atoms with Gasteiger partial charge in [-0.3, -0.25) is 0 Å². The lowest BCUT2D eigenvalue weighted by Crippen LogP contribution is -2.50. The number of carbonyl (C=O) groups is 1. The van der Waals surface area contributed by atoms with Crippen LogP contribution >= 0.6 is 0 Å². The van der Waals surface area contributed by atoms with Crippen molar-refractivity contribution in [2.75, 3.05) is 0 Å². The number of hydrogen-bond acceptors (Lipinski definition) is 1. The van der Waals surface area contributed by atoms with Crippen molar-refractivity contribution in [1.29, 1.82) is 0 Å². The summed E-state index contributed by atoms with van der Waals surface area (Å²) in [5.74, 6) is -14.3. The highest BCUT2D eigenvalue weighted by Gasteiger charge is 2.66. The lowest BCUT2D eigenvalue weighted by Gasteiger charge is -2.28. The molecule has 0 aliphatic carbocycles. The van der Waals surface area contributed by atoms with Gasteiger partial charge in [-0.05, 0) is 6.42 Å². The molecule has 0 rings (SSSR count). The second-order valence-corrected chi connectivity index (χ2v) is 3.01. The minimum absolute atomic E-state index is 0.782. The first-order chi connectivity index (χ1) is 7.50. The number of carboxylic acids is 1. The largest absolute Gasteiger partial charge is 0.478 e. The molecule has 0 fully saturated rings. The summed E-state index contributed by atoms with van der Waals surface area (Å²) in [6.07, 6.45) is -8.01. The Bertz CT molecular complexity index is 333. The smallest absolute Gasteiger partial charge is 0.350 e. The molecule has 0 aliphatic rings. The van der Waals surface area contributed by atoms with Crippen LogP contribution in [-0.2, 0) is 4.79 Å². The Morgan fingerprint density at radius 2 is 1.65 bits per heavy atom. The fraction of sp³-hybridized carbons (Fsp3) is 0.625. The number of aliphatic carboxylic acids is 1. The zero-order valence-electron chi connectivity index (χ0n) is 8.29. The third-order valence-electron chi connectivity index (χ3n) is 1.89. The van der Waals surface area contributed by atoms with E-state index in [4.69, 9.17) is 5.11 Å². The van der Waals surface area contributed by atoms with Crippen molar-refractivity contribution in [3.05, 3.63) is 11.7 Å². The number of alkyl halides is 5. The van der Waals surface area contributed by atoms with E-state index in [9.17, 15) is 35.5 Å². The molecule has 1 N–H and O–H groups in total. The van der Waals surface area contributed by atoms with Gasteiger partial charge in [-0.15, -0.1) is 0 Å². The van der Waals surface area contributed by atoms with Gasteiger partial charge in [-0.2, -0.15) is 26.3 Å². The molecule has 1 atom stereocenters. The molecule has 0 radical (unpaired) electrons. The van der Waals surface area contributed by atoms with Gasteiger partial charge in [0, 0.05) is 0 Å². The first-order valence-electron chi connectivity index (χ1n) is 4.18. The van der Waals surface area contributed by atoms with Crippen molar-refractivity contribution in [1.82, 2.24) is 0 Å². The molecule has 0 saturated carbocycles. The van der Waals surface area contributed by atoms with Gasteiger partial charge in [0.25, 0.3) is 6.08 Å². The van der Waals surface area contributed by atoms with E-state index in [2.05, 4.69) is 0 Å². The highest BCUT2D eigenvalue weighted by molar-refractivity contribution is 5.89. The number of carboxylic acid groups (broad SMARTS) is 1. The second-order valence-electron chi connectivity index (χ2n) is 3.01. The van der Waals surface area contributed by atoms with Crippen molar-refractivity contribution in [2.24, 2.45) is 0 Å². The number of hydrogen-bond donors (Lipinski definition) is 1. The Kier molecular flexibility index (Phi) is 4.55. The van der Waals surface area contributed by atoms with E-state index >= 15 is 0 Å². The average Bonchev–Trinajstić information content (AvgIpc) is 2.13. The monoisotopic (exact) mass is 268 g/mol. The molecular formula is C8H7F7O2. The van der Waals surface area contributed by atoms with Gasteiger partial charge in [-0.25, -0.2) is 9.18 Å². The molecule has 1 unspecified atom stereocenters. The van der Waals surface area contributed by atoms with Crippen LogP contribution in [0.15, 0.2) is 11.7 Å². The predicted octanol–water partition coefficient (Wildman–Crippen LogP) is 3.24. The molecule has 0 amide bonds. The van der Waals surface area contributed by atoms with E-state index in [1.165, 1.54) is 0 Å². The molecule has 0 aromatic heterocycles. The quantitative estimate of drug-likeness (QED) is 0.614. The maximum Gasteiger partial charge on any atom is 0.350 e. The van der Waals surface area contributed by atoms with Crippen LogP contribution in [0.4, 0.5) is 30.7 Å². The molecule has 0 aromatic rings. The lowest BCUT2D eigenvalue weighted by atomic mass is 9.98. The van der Waals surface area contributed by atoms with Crippen LogP contribution in [0.2, 0.25) is 0 Å². The highest BCUT2D eigenvalue weighted by atomic mass is 19.3. The van der Waals surface area contributed by atoms with Gasteiger partial charge in [0.05, 0.1) is 0 Å². The number of rotatable bonds is 5. The minimum Gasteiger partial charge on any atom is -0.478 e. The van der Waals surface area contributed by atoms with Gasteiger partial charge < -0.3 is 5.11 Å². The van der Waals surface area contributed by atoms with Crippen molar-refractivity contribution in [2.45, 2.75) is 31.4 Å². The van der Waals surface area contributed by atoms with Gasteiger partial charge in [0.2, 0.25) is 0 Å². The molecule has 0 heterocycles. The summed E-state index contributed by atoms with van der Waals surface area (Å²) < 4.78 is 87.8. The van der Waals surface area contributed by atoms with E-state index in [-0.39, 0.29) is 0 Å². The standard InChI is InChI=1S/C8H7F7O2/c1-2-3(9)7(12,13)8(14,15)4(5(10)11)6(16)17/h3H,2H2,1H3,(H,16,17). The van der Waals surface area contributed by atoms with Gasteiger partial charge in [-0.1, -0.05) is 6.92 Å². The summed E-state index contributed by atoms with van der Waals surface area (Å²) in [5.41, 5.74) is -3.10. The van der Waals surface area contributed by atoms with Gasteiger partial charge in [0.1, 0.15) is 0 Å². The molecular weight excluding hydrogens is 261 g/mol. The average molecular weight is 268 g/mol. The van der Waals surface area contributed by atoms with Crippen molar-refractivity contribution in [3.8, 4) is 0 Å². The molecule has 0 aliphatic heterocycles. The Labute approximate surface area is 90.7 Å². The molecule has 100 valence electrons. The van der Waals surface area contributed by atoms with Crippen LogP contribution < -0.4 is 0 Å². The Morgan fingerprint density at radius 3 is 1.88 bits per heavy atom. The Hall–Kier alpha value is -1.28. The SMILES string of the molecule is CCC(F)C(F)(F)C(F)(F)C(C(=O)O)=C(F)F. The van der Waals surface area contributed by atoms with Gasteiger partial charge >= 0.3 is 17.8 Å². The van der Waals surface area contributed by atoms with E-state index in [0.29, 0.717) is 0 Å². The minimum atomic E-state index is -5.80. The topological polar surface area (TPSA) is 37.3 Å². The normalized spacial score (nSPS) is 14.4. The van der Waals surface area contributed by atoms with Crippen LogP contribution in [0.25, 0.3) is 0 Å². The van der Waals surface area contributed by atoms with E-state index in [1.807, 2.05) is 0 Å². The maximum absolute atomic E-state index is 12.9. The first-order valence-corrected chi connectivity index (χ1v) is 4.18. The van der Waals surface area contributed by atoms with E-state index < -0.39 is 42.1 Å². The lowest BCUT2D eigenvalue weighted by molar-refractivity contribution is -0.223. The molecule has 2 nitrogen and oxygen atoms in total. The van der Waals surface area contributed by atoms with E-state index in [0.717, 1.165) is 6.92 Å². The molecule has 0 spiro atoms. The fourth-order valence-electron chi connectivity index (χ4n) is 0.954. The van der Waals surface area contributed by atoms with E-state index in [1.54, 1.807) is 0 Å². The summed E-state index contributed by atoms with van der Waals surface area (Å²) in [6, 6.07) is 0. The van der Waals surface area contributed by atoms with Crippen LogP contribution in [0.5, 0.6) is 0 Å². The highest BCUT2D eigenvalue weighted by Crippen LogP contribution is 2.45. The molecule has 0 aromatic carbocycles. The van der Waals surface area contributed by atoms with Crippen LogP contribution in [0.3, 0.4) is 0 Å². The van der Waals surface area contributed by atoms with Crippen LogP contribution in [0, 0.1) is 0 Å². The summed E-state index contributed by atoms with van der Waals surface area (Å²) in [6.45, 7) is 0.782. The summed E-state index contributed by atoms with van der Waals surface area (Å²) in [5, 5.41) is 8.02. The maximum atomic E-state index is 12.9. The van der Waals surface area contributed by atoms with Crippen LogP contribution in [0.1, 0.15) is 13.3 Å². The van der Waals surface area contributed by atoms with Gasteiger partial charge in [0.15, 0.2) is 11.7 Å². The predicted molar refractivity (Wildman–Crippen MR) is 42.0 cm³/mol. The second kappa shape index (κ2) is 4.92. The zero-order chi connectivity index (χ0) is 14.0. The summed E-state index contributed by atoms with van der Waals surface area (Å²) in [4.78, 5) is 10.1. The third-order valence-corrected chi connectivity index (χ3v) is 1.89. The van der Waals surface area contributed by atoms with Crippen LogP contribution in [-0.4, -0.2) is 29.1 Å². The van der Waals surface area contributed by atoms with Crippen molar-refractivity contribution < 1.29 is 40.6 Å². The molecule has 17 heavy (non-hydrogen) atoms. The first kappa shape index (κ1) is 15.7. The van der Waals surface area contributed by atoms with Crippen molar-refractivity contribution >= 4 is 5.97 Å². The Morgan fingerprint density at radius 1 is 1.24 bits per heavy atom. The number of halogens is 7. The van der Waals surface area contributed by atoms with Crippen molar-refractivity contribution in [3.63, 3.8) is 0 Å². The fourth-order valence-corrected chi connectivity index (χ4v) is 0.954.